The van der Waals surface area contributed by atoms with Crippen molar-refractivity contribution in [3.63, 3.8) is 0 Å². The number of carbonyl (C=O) groups excluding carboxylic acids is 1. The van der Waals surface area contributed by atoms with Crippen LogP contribution in [0.25, 0.3) is 0 Å². The first-order valence-corrected chi connectivity index (χ1v) is 8.86. The second kappa shape index (κ2) is 8.43. The van der Waals surface area contributed by atoms with E-state index in [9.17, 15) is 9.90 Å². The van der Waals surface area contributed by atoms with Gasteiger partial charge >= 0.3 is 0 Å². The number of aliphatic hydroxyl groups excluding tert-OH is 1. The van der Waals surface area contributed by atoms with Gasteiger partial charge in [-0.25, -0.2) is 15.0 Å². The fourth-order valence-corrected chi connectivity index (χ4v) is 3.20. The van der Waals surface area contributed by atoms with E-state index in [1.165, 1.54) is 0 Å². The number of aromatic nitrogens is 3. The minimum absolute atomic E-state index is 0.130. The van der Waals surface area contributed by atoms with Crippen LogP contribution < -0.4 is 5.32 Å². The lowest BCUT2D eigenvalue weighted by molar-refractivity contribution is 0.0993. The number of nitrogens with zero attached hydrogens (tertiary/aromatic N) is 3. The number of ketones is 1. The summed E-state index contributed by atoms with van der Waals surface area (Å²) in [6.45, 7) is 1.55. The molecule has 0 fully saturated rings. The monoisotopic (exact) mass is 402 g/mol. The summed E-state index contributed by atoms with van der Waals surface area (Å²) in [7, 11) is 0. The molecule has 6 nitrogen and oxygen atoms in total. The van der Waals surface area contributed by atoms with E-state index < -0.39 is 0 Å². The first kappa shape index (κ1) is 19.2. The van der Waals surface area contributed by atoms with E-state index in [1.54, 1.807) is 49.5 Å². The molecule has 0 amide bonds. The van der Waals surface area contributed by atoms with Crippen molar-refractivity contribution in [2.75, 3.05) is 5.32 Å². The van der Waals surface area contributed by atoms with Crippen LogP contribution in [-0.2, 0) is 13.0 Å². The van der Waals surface area contributed by atoms with Gasteiger partial charge in [0.05, 0.1) is 27.9 Å². The highest BCUT2D eigenvalue weighted by molar-refractivity contribution is 6.39. The number of aliphatic hydroxyl groups is 1. The van der Waals surface area contributed by atoms with Crippen LogP contribution in [0.4, 0.5) is 11.6 Å². The van der Waals surface area contributed by atoms with Gasteiger partial charge in [0.25, 0.3) is 0 Å². The molecule has 0 atom stereocenters. The topological polar surface area (TPSA) is 88.0 Å². The number of hydrogen-bond acceptors (Lipinski definition) is 6. The Labute approximate surface area is 166 Å². The molecular weight excluding hydrogens is 387 g/mol. The molecule has 0 bridgehead atoms. The number of halogens is 2. The summed E-state index contributed by atoms with van der Waals surface area (Å²) in [4.78, 5) is 25.2. The van der Waals surface area contributed by atoms with E-state index >= 15 is 0 Å². The first-order chi connectivity index (χ1) is 13.0. The molecule has 0 aliphatic rings. The third-order valence-electron chi connectivity index (χ3n) is 3.74. The highest BCUT2D eigenvalue weighted by atomic mass is 35.5. The third-order valence-corrected chi connectivity index (χ3v) is 4.37. The van der Waals surface area contributed by atoms with Crippen molar-refractivity contribution in [1.29, 1.82) is 0 Å². The van der Waals surface area contributed by atoms with Crippen molar-refractivity contribution >= 4 is 40.6 Å². The summed E-state index contributed by atoms with van der Waals surface area (Å²) in [5.74, 6) is 1.39. The summed E-state index contributed by atoms with van der Waals surface area (Å²) in [6, 6.07) is 10.1. The fourth-order valence-electron chi connectivity index (χ4n) is 2.60. The molecule has 2 heterocycles. The van der Waals surface area contributed by atoms with Gasteiger partial charge < -0.3 is 10.4 Å². The van der Waals surface area contributed by atoms with Gasteiger partial charge in [-0.2, -0.15) is 0 Å². The van der Waals surface area contributed by atoms with Crippen LogP contribution >= 0.6 is 23.2 Å². The van der Waals surface area contributed by atoms with Crippen LogP contribution in [0.5, 0.6) is 0 Å². The Bertz CT molecular complexity index is 975. The molecule has 0 spiro atoms. The maximum absolute atomic E-state index is 12.6. The average Bonchev–Trinajstić information content (AvgIpc) is 2.61. The lowest BCUT2D eigenvalue weighted by Gasteiger charge is -2.09. The predicted molar refractivity (Wildman–Crippen MR) is 105 cm³/mol. The molecule has 8 heteroatoms. The number of pyridine rings is 1. The zero-order valence-corrected chi connectivity index (χ0v) is 15.9. The Morgan fingerprint density at radius 2 is 1.85 bits per heavy atom. The van der Waals surface area contributed by atoms with Crippen LogP contribution in [0, 0.1) is 6.92 Å². The predicted octanol–water partition coefficient (Wildman–Crippen LogP) is 4.15. The molecule has 0 radical (unpaired) electrons. The normalized spacial score (nSPS) is 10.7. The minimum Gasteiger partial charge on any atom is -0.390 e. The number of benzene rings is 1. The van der Waals surface area contributed by atoms with Gasteiger partial charge in [-0.15, -0.1) is 0 Å². The van der Waals surface area contributed by atoms with E-state index in [4.69, 9.17) is 23.2 Å². The smallest absolute Gasteiger partial charge is 0.170 e. The summed E-state index contributed by atoms with van der Waals surface area (Å²) in [5.41, 5.74) is 1.57. The quantitative estimate of drug-likeness (QED) is 0.602. The highest BCUT2D eigenvalue weighted by Crippen LogP contribution is 2.26. The van der Waals surface area contributed by atoms with E-state index in [0.29, 0.717) is 38.8 Å². The summed E-state index contributed by atoms with van der Waals surface area (Å²) < 4.78 is 0. The van der Waals surface area contributed by atoms with Gasteiger partial charge in [0.2, 0.25) is 0 Å². The van der Waals surface area contributed by atoms with Crippen molar-refractivity contribution in [2.24, 2.45) is 0 Å². The van der Waals surface area contributed by atoms with Crippen LogP contribution in [0.1, 0.15) is 27.4 Å². The Hall–Kier alpha value is -2.54. The maximum atomic E-state index is 12.6. The van der Waals surface area contributed by atoms with E-state index in [0.717, 1.165) is 5.56 Å². The summed E-state index contributed by atoms with van der Waals surface area (Å²) in [5, 5.41) is 13.0. The molecule has 3 aromatic rings. The maximum Gasteiger partial charge on any atom is 0.170 e. The van der Waals surface area contributed by atoms with Gasteiger partial charge in [0.15, 0.2) is 5.78 Å². The van der Waals surface area contributed by atoms with Crippen molar-refractivity contribution in [1.82, 2.24) is 15.0 Å². The zero-order chi connectivity index (χ0) is 19.4. The van der Waals surface area contributed by atoms with Crippen molar-refractivity contribution in [2.45, 2.75) is 20.0 Å². The average molecular weight is 403 g/mol. The van der Waals surface area contributed by atoms with Gasteiger partial charge in [0, 0.05) is 18.7 Å². The number of anilines is 2. The second-order valence-corrected chi connectivity index (χ2v) is 6.64. The van der Waals surface area contributed by atoms with E-state index in [2.05, 4.69) is 20.3 Å². The molecule has 138 valence electrons. The molecule has 0 saturated carbocycles. The third kappa shape index (κ3) is 4.80. The molecular formula is C19H16Cl2N4O2. The number of rotatable bonds is 6. The number of aryl methyl sites for hydroxylation is 1. The molecule has 3 rings (SSSR count). The number of hydrogen-bond donors (Lipinski definition) is 2. The van der Waals surface area contributed by atoms with Gasteiger partial charge in [-0.1, -0.05) is 29.3 Å². The Morgan fingerprint density at radius 3 is 2.56 bits per heavy atom. The lowest BCUT2D eigenvalue weighted by atomic mass is 10.0. The van der Waals surface area contributed by atoms with Gasteiger partial charge in [0.1, 0.15) is 17.5 Å². The minimum atomic E-state index is -0.182. The molecule has 2 aromatic heterocycles. The van der Waals surface area contributed by atoms with Crippen LogP contribution in [0.15, 0.2) is 42.6 Å². The van der Waals surface area contributed by atoms with E-state index in [1.807, 2.05) is 0 Å². The summed E-state index contributed by atoms with van der Waals surface area (Å²) in [6.07, 6.45) is 1.73. The van der Waals surface area contributed by atoms with Crippen LogP contribution in [0.2, 0.25) is 10.0 Å². The molecule has 0 saturated heterocycles. The Kier molecular flexibility index (Phi) is 6.01. The second-order valence-electron chi connectivity index (χ2n) is 5.82. The SMILES string of the molecule is Cc1nc(CO)cc(Nc2cc(CC(=O)c3c(Cl)cccc3Cl)ccn2)n1. The standard InChI is InChI=1S/C19H16Cl2N4O2/c1-11-23-13(10-26)9-18(24-11)25-17-8-12(5-6-22-17)7-16(27)19-14(20)3-2-4-15(19)21/h2-6,8-9,26H,7,10H2,1H3,(H,22,23,24,25). The van der Waals surface area contributed by atoms with Crippen LogP contribution in [-0.4, -0.2) is 25.8 Å². The Morgan fingerprint density at radius 1 is 1.11 bits per heavy atom. The van der Waals surface area contributed by atoms with Crippen molar-refractivity contribution in [3.05, 3.63) is 75.3 Å². The number of nitrogens with one attached hydrogen (secondary N) is 1. The zero-order valence-electron chi connectivity index (χ0n) is 14.4. The summed E-state index contributed by atoms with van der Waals surface area (Å²) >= 11 is 12.2. The van der Waals surface area contributed by atoms with Gasteiger partial charge in [-0.05, 0) is 36.8 Å². The fraction of sp³-hybridized carbons (Fsp3) is 0.158. The molecule has 0 aliphatic heterocycles. The van der Waals surface area contributed by atoms with Crippen molar-refractivity contribution in [3.8, 4) is 0 Å². The molecule has 1 aromatic carbocycles. The molecule has 0 aliphatic carbocycles. The number of carbonyl (C=O) groups is 1. The van der Waals surface area contributed by atoms with Gasteiger partial charge in [-0.3, -0.25) is 4.79 Å². The molecule has 2 N–H and O–H groups in total. The molecule has 27 heavy (non-hydrogen) atoms. The lowest BCUT2D eigenvalue weighted by Crippen LogP contribution is -2.06. The first-order valence-electron chi connectivity index (χ1n) is 8.11. The number of Topliss-reactive ketones (excluding diaryl/α,β-unsaturated/α-hetero) is 1. The Balaban J connectivity index is 1.80. The van der Waals surface area contributed by atoms with Crippen molar-refractivity contribution < 1.29 is 9.90 Å². The van der Waals surface area contributed by atoms with Crippen LogP contribution in [0.3, 0.4) is 0 Å². The molecule has 0 unspecified atom stereocenters. The highest BCUT2D eigenvalue weighted by Gasteiger charge is 2.15. The van der Waals surface area contributed by atoms with E-state index in [-0.39, 0.29) is 18.8 Å². The largest absolute Gasteiger partial charge is 0.390 e.